The average Bonchev–Trinajstić information content (AvgIpc) is 2.38. The van der Waals surface area contributed by atoms with Crippen molar-refractivity contribution in [3.05, 3.63) is 54.1 Å². The first-order valence-corrected chi connectivity index (χ1v) is 4.88. The number of aromatic nitrogens is 2. The van der Waals surface area contributed by atoms with Gasteiger partial charge in [-0.2, -0.15) is 5.26 Å². The molecule has 0 saturated heterocycles. The standard InChI is InChI=1S/C12H10N4/c13-7-10-4-5-12(9-15-10)16-8-11-3-1-2-6-14-11/h1-6,9,16H,8H2. The van der Waals surface area contributed by atoms with Gasteiger partial charge in [0.2, 0.25) is 0 Å². The van der Waals surface area contributed by atoms with E-state index in [0.29, 0.717) is 12.2 Å². The molecule has 78 valence electrons. The minimum absolute atomic E-state index is 0.420. The molecule has 0 atom stereocenters. The fraction of sp³-hybridized carbons (Fsp3) is 0.0833. The van der Waals surface area contributed by atoms with Gasteiger partial charge in [-0.1, -0.05) is 6.07 Å². The number of nitriles is 1. The molecule has 0 spiro atoms. The van der Waals surface area contributed by atoms with E-state index in [9.17, 15) is 0 Å². The molecule has 0 aliphatic rings. The zero-order chi connectivity index (χ0) is 11.2. The maximum absolute atomic E-state index is 8.59. The van der Waals surface area contributed by atoms with Gasteiger partial charge in [0, 0.05) is 6.20 Å². The lowest BCUT2D eigenvalue weighted by atomic mass is 10.3. The quantitative estimate of drug-likeness (QED) is 0.841. The van der Waals surface area contributed by atoms with E-state index < -0.39 is 0 Å². The van der Waals surface area contributed by atoms with Crippen LogP contribution in [-0.2, 0) is 6.54 Å². The maximum atomic E-state index is 8.59. The predicted octanol–water partition coefficient (Wildman–Crippen LogP) is 1.96. The molecule has 0 aliphatic carbocycles. The summed E-state index contributed by atoms with van der Waals surface area (Å²) in [7, 11) is 0. The highest BCUT2D eigenvalue weighted by atomic mass is 14.9. The van der Waals surface area contributed by atoms with Crippen LogP contribution in [0.5, 0.6) is 0 Å². The molecule has 16 heavy (non-hydrogen) atoms. The highest BCUT2D eigenvalue weighted by Gasteiger charge is 1.95. The minimum atomic E-state index is 0.420. The molecule has 2 heterocycles. The normalized spacial score (nSPS) is 9.44. The summed E-state index contributed by atoms with van der Waals surface area (Å²) < 4.78 is 0. The van der Waals surface area contributed by atoms with Gasteiger partial charge in [-0.05, 0) is 24.3 Å². The Morgan fingerprint density at radius 2 is 2.12 bits per heavy atom. The molecule has 0 amide bonds. The number of hydrogen-bond acceptors (Lipinski definition) is 4. The van der Waals surface area contributed by atoms with Crippen LogP contribution in [0.4, 0.5) is 5.69 Å². The van der Waals surface area contributed by atoms with E-state index in [0.717, 1.165) is 11.4 Å². The zero-order valence-corrected chi connectivity index (χ0v) is 8.59. The van der Waals surface area contributed by atoms with Gasteiger partial charge >= 0.3 is 0 Å². The minimum Gasteiger partial charge on any atom is -0.378 e. The largest absolute Gasteiger partial charge is 0.378 e. The second-order valence-electron chi connectivity index (χ2n) is 3.22. The van der Waals surface area contributed by atoms with Gasteiger partial charge in [-0.25, -0.2) is 4.98 Å². The van der Waals surface area contributed by atoms with E-state index in [1.165, 1.54) is 0 Å². The van der Waals surface area contributed by atoms with E-state index in [1.54, 1.807) is 18.5 Å². The van der Waals surface area contributed by atoms with Crippen molar-refractivity contribution in [3.63, 3.8) is 0 Å². The Hall–Kier alpha value is -2.41. The molecule has 4 heteroatoms. The van der Waals surface area contributed by atoms with Crippen LogP contribution in [-0.4, -0.2) is 9.97 Å². The Kier molecular flexibility index (Phi) is 3.10. The summed E-state index contributed by atoms with van der Waals surface area (Å²) in [5.74, 6) is 0. The second-order valence-corrected chi connectivity index (χ2v) is 3.22. The molecule has 0 aromatic carbocycles. The first-order valence-electron chi connectivity index (χ1n) is 4.88. The number of nitrogens with zero attached hydrogens (tertiary/aromatic N) is 3. The number of pyridine rings is 2. The Morgan fingerprint density at radius 1 is 1.19 bits per heavy atom. The molecular weight excluding hydrogens is 200 g/mol. The molecular formula is C12H10N4. The SMILES string of the molecule is N#Cc1ccc(NCc2ccccn2)cn1. The number of hydrogen-bond donors (Lipinski definition) is 1. The van der Waals surface area contributed by atoms with E-state index in [-0.39, 0.29) is 0 Å². The molecule has 0 bridgehead atoms. The molecule has 0 saturated carbocycles. The predicted molar refractivity (Wildman–Crippen MR) is 60.5 cm³/mol. The van der Waals surface area contributed by atoms with E-state index in [4.69, 9.17) is 5.26 Å². The molecule has 2 rings (SSSR count). The fourth-order valence-electron chi connectivity index (χ4n) is 1.26. The molecule has 2 aromatic rings. The summed E-state index contributed by atoms with van der Waals surface area (Å²) in [5, 5.41) is 11.8. The Balaban J connectivity index is 1.98. The van der Waals surface area contributed by atoms with Crippen LogP contribution in [0.15, 0.2) is 42.7 Å². The molecule has 2 aromatic heterocycles. The third-order valence-corrected chi connectivity index (χ3v) is 2.08. The first-order chi connectivity index (χ1) is 7.88. The van der Waals surface area contributed by atoms with Crippen LogP contribution in [0, 0.1) is 11.3 Å². The van der Waals surface area contributed by atoms with Gasteiger partial charge in [0.05, 0.1) is 24.1 Å². The van der Waals surface area contributed by atoms with Crippen molar-refractivity contribution < 1.29 is 0 Å². The lowest BCUT2D eigenvalue weighted by Gasteiger charge is -2.04. The number of anilines is 1. The molecule has 1 N–H and O–H groups in total. The second kappa shape index (κ2) is 4.89. The molecule has 0 unspecified atom stereocenters. The third kappa shape index (κ3) is 2.55. The van der Waals surface area contributed by atoms with Gasteiger partial charge in [0.15, 0.2) is 0 Å². The summed E-state index contributed by atoms with van der Waals surface area (Å²) in [4.78, 5) is 8.16. The van der Waals surface area contributed by atoms with Gasteiger partial charge in [0.1, 0.15) is 11.8 Å². The maximum Gasteiger partial charge on any atom is 0.140 e. The highest BCUT2D eigenvalue weighted by Crippen LogP contribution is 2.07. The average molecular weight is 210 g/mol. The van der Waals surface area contributed by atoms with E-state index in [1.807, 2.05) is 30.3 Å². The van der Waals surface area contributed by atoms with Crippen molar-refractivity contribution in [3.8, 4) is 6.07 Å². The van der Waals surface area contributed by atoms with Crippen molar-refractivity contribution in [1.82, 2.24) is 9.97 Å². The summed E-state index contributed by atoms with van der Waals surface area (Å²) in [5.41, 5.74) is 2.26. The topological polar surface area (TPSA) is 61.6 Å². The van der Waals surface area contributed by atoms with Crippen LogP contribution in [0.3, 0.4) is 0 Å². The zero-order valence-electron chi connectivity index (χ0n) is 8.59. The summed E-state index contributed by atoms with van der Waals surface area (Å²) in [6.07, 6.45) is 3.40. The van der Waals surface area contributed by atoms with E-state index in [2.05, 4.69) is 15.3 Å². The summed E-state index contributed by atoms with van der Waals surface area (Å²) >= 11 is 0. The van der Waals surface area contributed by atoms with Crippen LogP contribution in [0.1, 0.15) is 11.4 Å². The van der Waals surface area contributed by atoms with Crippen molar-refractivity contribution in [2.45, 2.75) is 6.54 Å². The van der Waals surface area contributed by atoms with Crippen LogP contribution in [0.25, 0.3) is 0 Å². The Labute approximate surface area is 93.6 Å². The van der Waals surface area contributed by atoms with Crippen LogP contribution in [0.2, 0.25) is 0 Å². The first kappa shape index (κ1) is 10.1. The molecule has 0 aliphatic heterocycles. The van der Waals surface area contributed by atoms with Crippen molar-refractivity contribution in [2.75, 3.05) is 5.32 Å². The van der Waals surface area contributed by atoms with Gasteiger partial charge in [-0.15, -0.1) is 0 Å². The van der Waals surface area contributed by atoms with E-state index >= 15 is 0 Å². The molecule has 0 radical (unpaired) electrons. The van der Waals surface area contributed by atoms with Crippen LogP contribution < -0.4 is 5.32 Å². The number of rotatable bonds is 3. The Morgan fingerprint density at radius 3 is 2.75 bits per heavy atom. The lowest BCUT2D eigenvalue weighted by Crippen LogP contribution is -2.01. The smallest absolute Gasteiger partial charge is 0.140 e. The lowest BCUT2D eigenvalue weighted by molar-refractivity contribution is 1.04. The highest BCUT2D eigenvalue weighted by molar-refractivity contribution is 5.42. The summed E-state index contributed by atoms with van der Waals surface area (Å²) in [6, 6.07) is 11.3. The van der Waals surface area contributed by atoms with Crippen molar-refractivity contribution >= 4 is 5.69 Å². The van der Waals surface area contributed by atoms with Gasteiger partial charge in [-0.3, -0.25) is 4.98 Å². The third-order valence-electron chi connectivity index (χ3n) is 2.08. The summed E-state index contributed by atoms with van der Waals surface area (Å²) in [6.45, 7) is 0.647. The van der Waals surface area contributed by atoms with Crippen molar-refractivity contribution in [1.29, 1.82) is 5.26 Å². The van der Waals surface area contributed by atoms with Gasteiger partial charge in [0.25, 0.3) is 0 Å². The van der Waals surface area contributed by atoms with Crippen LogP contribution >= 0.6 is 0 Å². The Bertz CT molecular complexity index is 485. The van der Waals surface area contributed by atoms with Gasteiger partial charge < -0.3 is 5.32 Å². The number of nitrogens with one attached hydrogen (secondary N) is 1. The molecule has 4 nitrogen and oxygen atoms in total. The molecule has 0 fully saturated rings. The monoisotopic (exact) mass is 210 g/mol. The van der Waals surface area contributed by atoms with Crippen molar-refractivity contribution in [2.24, 2.45) is 0 Å². The fourth-order valence-corrected chi connectivity index (χ4v) is 1.26.